The fourth-order valence-corrected chi connectivity index (χ4v) is 4.77. The Morgan fingerprint density at radius 2 is 1.30 bits per heavy atom. The molecule has 1 heterocycles. The summed E-state index contributed by atoms with van der Waals surface area (Å²) in [6.45, 7) is 7.31. The molecule has 1 rings (SSSR count). The maximum Gasteiger partial charge on any atom is 0.193 e. The molecule has 0 spiro atoms. The Hall–Kier alpha value is -0.800. The Bertz CT molecular complexity index is 446. The van der Waals surface area contributed by atoms with Gasteiger partial charge in [0.2, 0.25) is 0 Å². The third-order valence-corrected chi connectivity index (χ3v) is 6.95. The minimum absolute atomic E-state index is 0.336. The molecule has 0 saturated carbocycles. The molecule has 1 aliphatic heterocycles. The third-order valence-electron chi connectivity index (χ3n) is 6.95. The predicted molar refractivity (Wildman–Crippen MR) is 132 cm³/mol. The maximum absolute atomic E-state index is 10.2. The average Bonchev–Trinajstić information content (AvgIpc) is 3.17. The number of allylic oxidation sites excluding steroid dienone is 2. The monoisotopic (exact) mass is 421 g/mol. The number of hydrogen-bond acceptors (Lipinski definition) is 2. The van der Waals surface area contributed by atoms with E-state index in [2.05, 4.69) is 37.5 Å². The van der Waals surface area contributed by atoms with Gasteiger partial charge in [0.05, 0.1) is 12.7 Å². The van der Waals surface area contributed by atoms with Crippen LogP contribution < -0.4 is 5.32 Å². The van der Waals surface area contributed by atoms with E-state index in [4.69, 9.17) is 0 Å². The molecule has 0 saturated heterocycles. The van der Waals surface area contributed by atoms with Crippen molar-refractivity contribution in [2.24, 2.45) is 0 Å². The van der Waals surface area contributed by atoms with E-state index in [0.717, 1.165) is 13.0 Å². The number of quaternary nitrogens is 1. The van der Waals surface area contributed by atoms with Crippen LogP contribution in [0.15, 0.2) is 24.6 Å². The van der Waals surface area contributed by atoms with Crippen LogP contribution >= 0.6 is 0 Å². The zero-order valence-corrected chi connectivity index (χ0v) is 20.6. The maximum atomic E-state index is 10.2. The van der Waals surface area contributed by atoms with Crippen LogP contribution in [0.3, 0.4) is 0 Å². The number of nitrogens with one attached hydrogen (secondary N) is 1. The highest BCUT2D eigenvalue weighted by molar-refractivity contribution is 4.84. The van der Waals surface area contributed by atoms with Gasteiger partial charge in [-0.3, -0.25) is 4.48 Å². The lowest BCUT2D eigenvalue weighted by Gasteiger charge is -2.39. The van der Waals surface area contributed by atoms with E-state index < -0.39 is 0 Å². The standard InChI is InChI=1S/C27H53N2O/c1-4-6-7-8-9-10-11-12-13-14-15-16-17-18-19-20-21-22-23-27-28-24-25-29(27,5-2)26(3)30/h11-12,24-28,30H,4-10,13-23H2,1-3H3/q+1/b12-11+. The first-order valence-electron chi connectivity index (χ1n) is 13.3. The third kappa shape index (κ3) is 11.0. The van der Waals surface area contributed by atoms with Crippen LogP contribution in [0.5, 0.6) is 0 Å². The van der Waals surface area contributed by atoms with Gasteiger partial charge in [0.1, 0.15) is 6.20 Å². The summed E-state index contributed by atoms with van der Waals surface area (Å²) in [5.74, 6) is 0. The zero-order chi connectivity index (χ0) is 21.9. The highest BCUT2D eigenvalue weighted by Crippen LogP contribution is 2.25. The van der Waals surface area contributed by atoms with E-state index in [1.165, 1.54) is 103 Å². The van der Waals surface area contributed by atoms with Gasteiger partial charge in [-0.05, 0) is 39.0 Å². The molecule has 0 amide bonds. The van der Waals surface area contributed by atoms with Crippen molar-refractivity contribution in [3.63, 3.8) is 0 Å². The first kappa shape index (κ1) is 27.2. The second-order valence-electron chi connectivity index (χ2n) is 9.37. The molecule has 3 unspecified atom stereocenters. The van der Waals surface area contributed by atoms with Crippen LogP contribution in [0.4, 0.5) is 0 Å². The van der Waals surface area contributed by atoms with E-state index in [1.807, 2.05) is 13.1 Å². The fraction of sp³-hybridized carbons (Fsp3) is 0.852. The Morgan fingerprint density at radius 1 is 0.800 bits per heavy atom. The van der Waals surface area contributed by atoms with Crippen molar-refractivity contribution in [3.05, 3.63) is 24.6 Å². The predicted octanol–water partition coefficient (Wildman–Crippen LogP) is 7.77. The van der Waals surface area contributed by atoms with Gasteiger partial charge in [0.25, 0.3) is 0 Å². The fourth-order valence-electron chi connectivity index (χ4n) is 4.77. The average molecular weight is 422 g/mol. The highest BCUT2D eigenvalue weighted by Gasteiger charge is 2.40. The van der Waals surface area contributed by atoms with Crippen LogP contribution in [-0.4, -0.2) is 28.5 Å². The largest absolute Gasteiger partial charge is 0.345 e. The van der Waals surface area contributed by atoms with Gasteiger partial charge in [0.15, 0.2) is 12.4 Å². The summed E-state index contributed by atoms with van der Waals surface area (Å²) in [5.41, 5.74) is 0. The van der Waals surface area contributed by atoms with Gasteiger partial charge in [-0.1, -0.05) is 89.7 Å². The number of unbranched alkanes of at least 4 members (excludes halogenated alkanes) is 14. The van der Waals surface area contributed by atoms with Crippen molar-refractivity contribution in [3.8, 4) is 0 Å². The molecule has 0 radical (unpaired) electrons. The van der Waals surface area contributed by atoms with Crippen molar-refractivity contribution < 1.29 is 9.59 Å². The normalized spacial score (nSPS) is 22.1. The number of nitrogens with zero attached hydrogens (tertiary/aromatic N) is 1. The van der Waals surface area contributed by atoms with E-state index in [-0.39, 0.29) is 6.23 Å². The summed E-state index contributed by atoms with van der Waals surface area (Å²) in [6, 6.07) is 0. The summed E-state index contributed by atoms with van der Waals surface area (Å²) >= 11 is 0. The summed E-state index contributed by atoms with van der Waals surface area (Å²) in [4.78, 5) is 0. The van der Waals surface area contributed by atoms with Crippen LogP contribution in [0.1, 0.15) is 130 Å². The molecule has 0 aromatic heterocycles. The van der Waals surface area contributed by atoms with Gasteiger partial charge in [0, 0.05) is 13.3 Å². The molecule has 3 atom stereocenters. The summed E-state index contributed by atoms with van der Waals surface area (Å²) in [6.07, 6.45) is 32.0. The quantitative estimate of drug-likeness (QED) is 0.119. The lowest BCUT2D eigenvalue weighted by Crippen LogP contribution is -2.57. The Balaban J connectivity index is 1.86. The minimum atomic E-state index is -0.336. The van der Waals surface area contributed by atoms with Crippen molar-refractivity contribution in [1.29, 1.82) is 0 Å². The molecule has 3 nitrogen and oxygen atoms in total. The molecule has 0 aromatic rings. The second kappa shape index (κ2) is 17.8. The molecule has 0 aromatic carbocycles. The number of aliphatic hydroxyl groups excluding tert-OH is 1. The Kier molecular flexibility index (Phi) is 16.2. The van der Waals surface area contributed by atoms with Gasteiger partial charge in [-0.15, -0.1) is 0 Å². The Morgan fingerprint density at radius 3 is 1.80 bits per heavy atom. The van der Waals surface area contributed by atoms with E-state index in [9.17, 15) is 5.11 Å². The zero-order valence-electron chi connectivity index (χ0n) is 20.6. The molecule has 176 valence electrons. The van der Waals surface area contributed by atoms with Crippen molar-refractivity contribution in [2.75, 3.05) is 6.54 Å². The lowest BCUT2D eigenvalue weighted by atomic mass is 10.0. The first-order chi connectivity index (χ1) is 14.7. The van der Waals surface area contributed by atoms with Crippen molar-refractivity contribution in [1.82, 2.24) is 5.32 Å². The van der Waals surface area contributed by atoms with Crippen molar-refractivity contribution in [2.45, 2.75) is 142 Å². The Labute approximate surface area is 188 Å². The smallest absolute Gasteiger partial charge is 0.193 e. The molecule has 2 N–H and O–H groups in total. The summed E-state index contributed by atoms with van der Waals surface area (Å²) < 4.78 is 0.675. The van der Waals surface area contributed by atoms with Crippen LogP contribution in [0.25, 0.3) is 0 Å². The molecule has 0 fully saturated rings. The minimum Gasteiger partial charge on any atom is -0.345 e. The molecule has 0 bridgehead atoms. The highest BCUT2D eigenvalue weighted by atomic mass is 16.3. The molecule has 30 heavy (non-hydrogen) atoms. The summed E-state index contributed by atoms with van der Waals surface area (Å²) in [5, 5.41) is 13.7. The SMILES string of the molecule is CCCCCCC/C=C/CCCCCCCCCCCC1NC=C[N+]1(CC)C(C)O. The van der Waals surface area contributed by atoms with E-state index >= 15 is 0 Å². The molecule has 1 aliphatic rings. The number of aliphatic hydroxyl groups is 1. The van der Waals surface area contributed by atoms with Gasteiger partial charge < -0.3 is 10.4 Å². The van der Waals surface area contributed by atoms with Gasteiger partial charge in [-0.25, -0.2) is 0 Å². The van der Waals surface area contributed by atoms with Crippen LogP contribution in [0.2, 0.25) is 0 Å². The number of rotatable bonds is 20. The second-order valence-corrected chi connectivity index (χ2v) is 9.37. The van der Waals surface area contributed by atoms with E-state index in [1.54, 1.807) is 0 Å². The molecule has 3 heteroatoms. The van der Waals surface area contributed by atoms with Gasteiger partial charge in [-0.2, -0.15) is 0 Å². The van der Waals surface area contributed by atoms with Gasteiger partial charge >= 0.3 is 0 Å². The van der Waals surface area contributed by atoms with Crippen LogP contribution in [0, 0.1) is 0 Å². The molecule has 0 aliphatic carbocycles. The first-order valence-corrected chi connectivity index (χ1v) is 13.3. The number of hydrogen-bond donors (Lipinski definition) is 2. The lowest BCUT2D eigenvalue weighted by molar-refractivity contribution is -0.942. The molecular weight excluding hydrogens is 368 g/mol. The summed E-state index contributed by atoms with van der Waals surface area (Å²) in [7, 11) is 0. The van der Waals surface area contributed by atoms with Crippen LogP contribution in [-0.2, 0) is 0 Å². The topological polar surface area (TPSA) is 32.3 Å². The van der Waals surface area contributed by atoms with Crippen molar-refractivity contribution >= 4 is 0 Å². The van der Waals surface area contributed by atoms with E-state index in [0.29, 0.717) is 10.6 Å². The molecular formula is C27H53N2O+.